The van der Waals surface area contributed by atoms with Crippen LogP contribution in [0, 0.1) is 0 Å². The second-order valence-electron chi connectivity index (χ2n) is 6.34. The highest BCUT2D eigenvalue weighted by Gasteiger charge is 2.13. The molecule has 2 N–H and O–H groups in total. The highest BCUT2D eigenvalue weighted by atomic mass is 35.5. The van der Waals surface area contributed by atoms with Crippen LogP contribution in [0.15, 0.2) is 67.0 Å². The third-order valence-corrected chi connectivity index (χ3v) is 4.77. The number of ether oxygens (including phenoxy) is 1. The van der Waals surface area contributed by atoms with E-state index in [1.807, 2.05) is 48.5 Å². The van der Waals surface area contributed by atoms with Crippen LogP contribution >= 0.6 is 11.6 Å². The largest absolute Gasteiger partial charge is 0.496 e. The van der Waals surface area contributed by atoms with Crippen LogP contribution in [0.2, 0.25) is 5.02 Å². The van der Waals surface area contributed by atoms with Crippen LogP contribution in [0.25, 0.3) is 11.3 Å². The maximum absolute atomic E-state index is 12.5. The summed E-state index contributed by atoms with van der Waals surface area (Å²) in [6.45, 7) is 0.479. The van der Waals surface area contributed by atoms with Gasteiger partial charge in [-0.15, -0.1) is 0 Å². The van der Waals surface area contributed by atoms with Crippen molar-refractivity contribution >= 4 is 23.3 Å². The standard InChI is InChI=1S/C21H18ClN5O2/c1-29-19-9-5-3-7-16(19)18-10-20(26-25-18)24-21(28)15-11-23-27(13-15)12-14-6-2-4-8-17(14)22/h2-11,13H,12H2,1H3,(H2,24,25,26,28). The summed E-state index contributed by atoms with van der Waals surface area (Å²) in [6.07, 6.45) is 3.19. The van der Waals surface area contributed by atoms with Crippen molar-refractivity contribution in [3.8, 4) is 17.0 Å². The number of hydrogen-bond donors (Lipinski definition) is 2. The van der Waals surface area contributed by atoms with E-state index in [4.69, 9.17) is 16.3 Å². The van der Waals surface area contributed by atoms with Crippen molar-refractivity contribution in [1.29, 1.82) is 0 Å². The number of benzene rings is 2. The summed E-state index contributed by atoms with van der Waals surface area (Å²) in [5, 5.41) is 14.8. The van der Waals surface area contributed by atoms with E-state index in [0.29, 0.717) is 22.9 Å². The number of carbonyl (C=O) groups is 1. The highest BCUT2D eigenvalue weighted by molar-refractivity contribution is 6.31. The van der Waals surface area contributed by atoms with Crippen molar-refractivity contribution in [3.63, 3.8) is 0 Å². The van der Waals surface area contributed by atoms with Crippen LogP contribution in [0.1, 0.15) is 15.9 Å². The van der Waals surface area contributed by atoms with Gasteiger partial charge >= 0.3 is 0 Å². The molecule has 146 valence electrons. The van der Waals surface area contributed by atoms with E-state index in [2.05, 4.69) is 20.6 Å². The number of carbonyl (C=O) groups excluding carboxylic acids is 1. The van der Waals surface area contributed by atoms with Gasteiger partial charge in [-0.2, -0.15) is 10.2 Å². The first-order valence-corrected chi connectivity index (χ1v) is 9.28. The molecule has 0 aliphatic rings. The van der Waals surface area contributed by atoms with Crippen molar-refractivity contribution in [2.45, 2.75) is 6.54 Å². The van der Waals surface area contributed by atoms with E-state index < -0.39 is 0 Å². The fourth-order valence-electron chi connectivity index (χ4n) is 2.95. The third kappa shape index (κ3) is 4.14. The molecule has 7 nitrogen and oxygen atoms in total. The number of anilines is 1. The zero-order valence-corrected chi connectivity index (χ0v) is 16.3. The molecule has 1 amide bonds. The van der Waals surface area contributed by atoms with Crippen LogP contribution in [-0.4, -0.2) is 33.0 Å². The van der Waals surface area contributed by atoms with Gasteiger partial charge in [0.15, 0.2) is 5.82 Å². The number of methoxy groups -OCH3 is 1. The molecule has 0 unspecified atom stereocenters. The number of nitrogens with zero attached hydrogens (tertiary/aromatic N) is 3. The van der Waals surface area contributed by atoms with Gasteiger partial charge in [0.2, 0.25) is 0 Å². The van der Waals surface area contributed by atoms with Crippen molar-refractivity contribution in [2.75, 3.05) is 12.4 Å². The number of amides is 1. The lowest BCUT2D eigenvalue weighted by Gasteiger charge is -2.05. The van der Waals surface area contributed by atoms with Crippen molar-refractivity contribution < 1.29 is 9.53 Å². The monoisotopic (exact) mass is 407 g/mol. The molecule has 0 bridgehead atoms. The van der Waals surface area contributed by atoms with E-state index in [1.165, 1.54) is 6.20 Å². The number of rotatable bonds is 6. The molecule has 0 aliphatic heterocycles. The Balaban J connectivity index is 1.46. The SMILES string of the molecule is COc1ccccc1-c1cc(NC(=O)c2cnn(Cc3ccccc3Cl)c2)n[nH]1. The van der Waals surface area contributed by atoms with E-state index in [1.54, 1.807) is 24.1 Å². The lowest BCUT2D eigenvalue weighted by Crippen LogP contribution is -2.11. The van der Waals surface area contributed by atoms with Gasteiger partial charge in [0, 0.05) is 22.8 Å². The molecule has 8 heteroatoms. The predicted molar refractivity (Wildman–Crippen MR) is 111 cm³/mol. The Hall–Kier alpha value is -3.58. The van der Waals surface area contributed by atoms with E-state index >= 15 is 0 Å². The molecule has 0 saturated heterocycles. The molecule has 2 aromatic carbocycles. The summed E-state index contributed by atoms with van der Waals surface area (Å²) in [5.41, 5.74) is 2.96. The third-order valence-electron chi connectivity index (χ3n) is 4.40. The molecule has 4 aromatic rings. The number of aromatic amines is 1. The summed E-state index contributed by atoms with van der Waals surface area (Å²) in [7, 11) is 1.61. The Morgan fingerprint density at radius 2 is 2.00 bits per heavy atom. The summed E-state index contributed by atoms with van der Waals surface area (Å²) < 4.78 is 7.03. The fraction of sp³-hybridized carbons (Fsp3) is 0.0952. The Morgan fingerprint density at radius 1 is 1.21 bits per heavy atom. The number of nitrogens with one attached hydrogen (secondary N) is 2. The zero-order valence-electron chi connectivity index (χ0n) is 15.6. The number of para-hydroxylation sites is 1. The minimum atomic E-state index is -0.298. The van der Waals surface area contributed by atoms with Gasteiger partial charge in [-0.1, -0.05) is 41.9 Å². The van der Waals surface area contributed by atoms with Gasteiger partial charge in [-0.3, -0.25) is 14.6 Å². The van der Waals surface area contributed by atoms with Crippen molar-refractivity contribution in [1.82, 2.24) is 20.0 Å². The predicted octanol–water partition coefficient (Wildman–Crippen LogP) is 4.24. The summed E-state index contributed by atoms with van der Waals surface area (Å²) in [5.74, 6) is 0.832. The smallest absolute Gasteiger partial charge is 0.260 e. The minimum absolute atomic E-state index is 0.298. The van der Waals surface area contributed by atoms with Crippen LogP contribution in [0.4, 0.5) is 5.82 Å². The van der Waals surface area contributed by atoms with E-state index in [-0.39, 0.29) is 5.91 Å². The topological polar surface area (TPSA) is 84.8 Å². The van der Waals surface area contributed by atoms with Gasteiger partial charge in [0.05, 0.1) is 31.1 Å². The lowest BCUT2D eigenvalue weighted by molar-refractivity contribution is 0.102. The Bertz CT molecular complexity index is 1150. The average molecular weight is 408 g/mol. The van der Waals surface area contributed by atoms with Gasteiger partial charge in [0.25, 0.3) is 5.91 Å². The molecule has 0 spiro atoms. The molecule has 0 aliphatic carbocycles. The molecule has 0 fully saturated rings. The molecule has 0 saturated carbocycles. The van der Waals surface area contributed by atoms with Gasteiger partial charge in [0.1, 0.15) is 5.75 Å². The molecule has 29 heavy (non-hydrogen) atoms. The van der Waals surface area contributed by atoms with Gasteiger partial charge < -0.3 is 10.1 Å². The Kier molecular flexibility index (Phi) is 5.31. The summed E-state index contributed by atoms with van der Waals surface area (Å²) in [4.78, 5) is 12.5. The van der Waals surface area contributed by atoms with E-state index in [9.17, 15) is 4.79 Å². The van der Waals surface area contributed by atoms with Crippen LogP contribution in [-0.2, 0) is 6.54 Å². The second-order valence-corrected chi connectivity index (χ2v) is 6.75. The first kappa shape index (κ1) is 18.8. The molecular formula is C21H18ClN5O2. The first-order chi connectivity index (χ1) is 14.1. The number of aromatic nitrogens is 4. The van der Waals surface area contributed by atoms with E-state index in [0.717, 1.165) is 22.6 Å². The number of halogens is 1. The second kappa shape index (κ2) is 8.20. The normalized spacial score (nSPS) is 10.7. The lowest BCUT2D eigenvalue weighted by atomic mass is 10.1. The summed E-state index contributed by atoms with van der Waals surface area (Å²) >= 11 is 6.18. The Labute approximate surface area is 172 Å². The molecular weight excluding hydrogens is 390 g/mol. The summed E-state index contributed by atoms with van der Waals surface area (Å²) in [6, 6.07) is 16.9. The molecule has 4 rings (SSSR count). The van der Waals surface area contributed by atoms with Crippen molar-refractivity contribution in [2.24, 2.45) is 0 Å². The molecule has 0 atom stereocenters. The quantitative estimate of drug-likeness (QED) is 0.500. The highest BCUT2D eigenvalue weighted by Crippen LogP contribution is 2.29. The van der Waals surface area contributed by atoms with Crippen LogP contribution in [0.5, 0.6) is 5.75 Å². The Morgan fingerprint density at radius 3 is 2.83 bits per heavy atom. The first-order valence-electron chi connectivity index (χ1n) is 8.90. The van der Waals surface area contributed by atoms with Crippen LogP contribution < -0.4 is 10.1 Å². The number of H-pyrrole nitrogens is 1. The van der Waals surface area contributed by atoms with Gasteiger partial charge in [-0.05, 0) is 23.8 Å². The average Bonchev–Trinajstić information content (AvgIpc) is 3.39. The number of hydrogen-bond acceptors (Lipinski definition) is 4. The molecule has 2 heterocycles. The maximum Gasteiger partial charge on any atom is 0.260 e. The minimum Gasteiger partial charge on any atom is -0.496 e. The maximum atomic E-state index is 12.5. The fourth-order valence-corrected chi connectivity index (χ4v) is 3.14. The van der Waals surface area contributed by atoms with Gasteiger partial charge in [-0.25, -0.2) is 0 Å². The van der Waals surface area contributed by atoms with Crippen molar-refractivity contribution in [3.05, 3.63) is 83.1 Å². The zero-order chi connectivity index (χ0) is 20.2. The molecule has 2 aromatic heterocycles. The molecule has 0 radical (unpaired) electrons. The van der Waals surface area contributed by atoms with Crippen LogP contribution in [0.3, 0.4) is 0 Å².